The fraction of sp³-hybridized carbons (Fsp3) is 0.652. The Morgan fingerprint density at radius 1 is 1.14 bits per heavy atom. The number of methoxy groups -OCH3 is 1. The van der Waals surface area contributed by atoms with Crippen molar-refractivity contribution < 1.29 is 19.1 Å². The fourth-order valence-corrected chi connectivity index (χ4v) is 5.05. The molecule has 4 rings (SSSR count). The molecule has 6 heteroatoms. The highest BCUT2D eigenvalue weighted by atomic mass is 16.5. The maximum atomic E-state index is 12.9. The van der Waals surface area contributed by atoms with Crippen LogP contribution in [0.3, 0.4) is 0 Å². The van der Waals surface area contributed by atoms with Crippen LogP contribution in [0.15, 0.2) is 24.3 Å². The molecule has 1 atom stereocenters. The third kappa shape index (κ3) is 4.58. The average molecular weight is 401 g/mol. The van der Waals surface area contributed by atoms with E-state index in [0.29, 0.717) is 42.6 Å². The summed E-state index contributed by atoms with van der Waals surface area (Å²) in [6.07, 6.45) is 6.52. The Labute approximate surface area is 173 Å². The summed E-state index contributed by atoms with van der Waals surface area (Å²) < 4.78 is 11.5. The number of benzene rings is 1. The van der Waals surface area contributed by atoms with Gasteiger partial charge in [0.25, 0.3) is 5.91 Å². The molecule has 1 unspecified atom stereocenters. The summed E-state index contributed by atoms with van der Waals surface area (Å²) in [6, 6.07) is 7.33. The molecular formula is C23H32N2O4. The van der Waals surface area contributed by atoms with Crippen molar-refractivity contribution in [2.75, 3.05) is 39.9 Å². The van der Waals surface area contributed by atoms with Crippen molar-refractivity contribution in [1.29, 1.82) is 0 Å². The number of likely N-dealkylation sites (tertiary alicyclic amines) is 2. The normalized spacial score (nSPS) is 24.0. The second kappa shape index (κ2) is 8.74. The smallest absolute Gasteiger partial charge is 0.253 e. The molecular weight excluding hydrogens is 368 g/mol. The van der Waals surface area contributed by atoms with E-state index in [4.69, 9.17) is 9.47 Å². The first kappa shape index (κ1) is 20.2. The molecule has 6 nitrogen and oxygen atoms in total. The number of carbonyl (C=O) groups excluding carboxylic acids is 2. The standard InChI is InChI=1S/C23H32N2O4/c1-28-20-6-4-5-19(16-20)22(27)25-12-8-23(9-13-25)17-18(7-14-29-23)15-21(26)24-10-2-3-11-24/h4-6,16,18H,2-3,7-15,17H2,1H3. The summed E-state index contributed by atoms with van der Waals surface area (Å²) in [5.74, 6) is 1.47. The number of nitrogens with zero attached hydrogens (tertiary/aromatic N) is 2. The minimum Gasteiger partial charge on any atom is -0.497 e. The van der Waals surface area contributed by atoms with Gasteiger partial charge in [-0.15, -0.1) is 0 Å². The Morgan fingerprint density at radius 3 is 2.62 bits per heavy atom. The Bertz CT molecular complexity index is 736. The molecule has 1 aromatic rings. The molecule has 1 spiro atoms. The van der Waals surface area contributed by atoms with Crippen LogP contribution < -0.4 is 4.74 Å². The van der Waals surface area contributed by atoms with E-state index in [1.807, 2.05) is 28.0 Å². The van der Waals surface area contributed by atoms with E-state index in [1.54, 1.807) is 13.2 Å². The number of ether oxygens (including phenoxy) is 2. The molecule has 3 fully saturated rings. The number of piperidine rings is 1. The lowest BCUT2D eigenvalue weighted by Crippen LogP contribution is -2.51. The van der Waals surface area contributed by atoms with Gasteiger partial charge in [-0.3, -0.25) is 9.59 Å². The van der Waals surface area contributed by atoms with Crippen LogP contribution in [0.2, 0.25) is 0 Å². The maximum Gasteiger partial charge on any atom is 0.253 e. The van der Waals surface area contributed by atoms with Crippen LogP contribution in [0.25, 0.3) is 0 Å². The van der Waals surface area contributed by atoms with Crippen LogP contribution in [0, 0.1) is 5.92 Å². The van der Waals surface area contributed by atoms with Gasteiger partial charge in [-0.05, 0) is 62.6 Å². The number of hydrogen-bond acceptors (Lipinski definition) is 4. The van der Waals surface area contributed by atoms with Crippen LogP contribution in [-0.2, 0) is 9.53 Å². The van der Waals surface area contributed by atoms with Gasteiger partial charge in [0, 0.05) is 44.8 Å². The molecule has 0 radical (unpaired) electrons. The van der Waals surface area contributed by atoms with Crippen molar-refractivity contribution >= 4 is 11.8 Å². The zero-order valence-electron chi connectivity index (χ0n) is 17.4. The van der Waals surface area contributed by atoms with E-state index in [2.05, 4.69) is 0 Å². The Morgan fingerprint density at radius 2 is 1.90 bits per heavy atom. The SMILES string of the molecule is COc1cccc(C(=O)N2CCC3(CC2)CC(CC(=O)N2CCCC2)CCO3)c1. The van der Waals surface area contributed by atoms with Gasteiger partial charge in [0.05, 0.1) is 12.7 Å². The quantitative estimate of drug-likeness (QED) is 0.779. The molecule has 3 heterocycles. The molecule has 0 aromatic heterocycles. The lowest BCUT2D eigenvalue weighted by molar-refractivity contribution is -0.140. The van der Waals surface area contributed by atoms with Gasteiger partial charge in [-0.1, -0.05) is 6.07 Å². The molecule has 0 bridgehead atoms. The highest BCUT2D eigenvalue weighted by molar-refractivity contribution is 5.94. The summed E-state index contributed by atoms with van der Waals surface area (Å²) in [4.78, 5) is 29.4. The zero-order chi connectivity index (χ0) is 20.3. The summed E-state index contributed by atoms with van der Waals surface area (Å²) in [6.45, 7) is 3.97. The van der Waals surface area contributed by atoms with E-state index in [1.165, 1.54) is 0 Å². The van der Waals surface area contributed by atoms with Crippen molar-refractivity contribution in [3.05, 3.63) is 29.8 Å². The highest BCUT2D eigenvalue weighted by Gasteiger charge is 2.42. The van der Waals surface area contributed by atoms with Gasteiger partial charge in [0.1, 0.15) is 5.75 Å². The van der Waals surface area contributed by atoms with Crippen molar-refractivity contribution in [2.45, 2.75) is 50.5 Å². The first-order valence-electron chi connectivity index (χ1n) is 10.9. The van der Waals surface area contributed by atoms with Gasteiger partial charge >= 0.3 is 0 Å². The molecule has 0 N–H and O–H groups in total. The van der Waals surface area contributed by atoms with Crippen molar-refractivity contribution in [3.63, 3.8) is 0 Å². The summed E-state index contributed by atoms with van der Waals surface area (Å²) in [7, 11) is 1.61. The van der Waals surface area contributed by atoms with Gasteiger partial charge in [-0.25, -0.2) is 0 Å². The van der Waals surface area contributed by atoms with Crippen LogP contribution in [0.4, 0.5) is 0 Å². The van der Waals surface area contributed by atoms with E-state index < -0.39 is 0 Å². The van der Waals surface area contributed by atoms with E-state index in [9.17, 15) is 9.59 Å². The Kier molecular flexibility index (Phi) is 6.09. The fourth-order valence-electron chi connectivity index (χ4n) is 5.05. The van der Waals surface area contributed by atoms with Gasteiger partial charge < -0.3 is 19.3 Å². The van der Waals surface area contributed by atoms with Crippen LogP contribution in [0.1, 0.15) is 55.3 Å². The molecule has 3 aliphatic heterocycles. The maximum absolute atomic E-state index is 12.9. The van der Waals surface area contributed by atoms with Crippen molar-refractivity contribution in [3.8, 4) is 5.75 Å². The lowest BCUT2D eigenvalue weighted by atomic mass is 9.78. The van der Waals surface area contributed by atoms with Gasteiger partial charge in [0.2, 0.25) is 5.91 Å². The van der Waals surface area contributed by atoms with Crippen molar-refractivity contribution in [2.24, 2.45) is 5.92 Å². The average Bonchev–Trinajstić information content (AvgIpc) is 3.29. The number of amides is 2. The largest absolute Gasteiger partial charge is 0.497 e. The third-order valence-corrected chi connectivity index (χ3v) is 6.80. The molecule has 3 aliphatic rings. The molecule has 2 amide bonds. The first-order valence-corrected chi connectivity index (χ1v) is 10.9. The van der Waals surface area contributed by atoms with Gasteiger partial charge in [-0.2, -0.15) is 0 Å². The summed E-state index contributed by atoms with van der Waals surface area (Å²) >= 11 is 0. The van der Waals surface area contributed by atoms with Crippen molar-refractivity contribution in [1.82, 2.24) is 9.80 Å². The minimum absolute atomic E-state index is 0.0512. The number of hydrogen-bond donors (Lipinski definition) is 0. The molecule has 1 aromatic carbocycles. The van der Waals surface area contributed by atoms with Gasteiger partial charge in [0.15, 0.2) is 0 Å². The van der Waals surface area contributed by atoms with Crippen LogP contribution in [0.5, 0.6) is 5.75 Å². The van der Waals surface area contributed by atoms with Crippen LogP contribution in [-0.4, -0.2) is 67.1 Å². The Hall–Kier alpha value is -2.08. The molecule has 29 heavy (non-hydrogen) atoms. The number of carbonyl (C=O) groups is 2. The zero-order valence-corrected chi connectivity index (χ0v) is 17.4. The molecule has 3 saturated heterocycles. The summed E-state index contributed by atoms with van der Waals surface area (Å²) in [5.41, 5.74) is 0.498. The van der Waals surface area contributed by atoms with E-state index >= 15 is 0 Å². The molecule has 0 saturated carbocycles. The molecule has 0 aliphatic carbocycles. The van der Waals surface area contributed by atoms with E-state index in [0.717, 1.165) is 58.2 Å². The lowest BCUT2D eigenvalue weighted by Gasteiger charge is -2.46. The Balaban J connectivity index is 1.32. The molecule has 158 valence electrons. The number of rotatable bonds is 4. The van der Waals surface area contributed by atoms with E-state index in [-0.39, 0.29) is 11.5 Å². The predicted octanol–water partition coefficient (Wildman–Crippen LogP) is 3.11. The predicted molar refractivity (Wildman–Crippen MR) is 110 cm³/mol. The topological polar surface area (TPSA) is 59.1 Å². The van der Waals surface area contributed by atoms with Crippen LogP contribution >= 0.6 is 0 Å². The first-order chi connectivity index (χ1) is 14.1. The second-order valence-corrected chi connectivity index (χ2v) is 8.71. The second-order valence-electron chi connectivity index (χ2n) is 8.71. The highest BCUT2D eigenvalue weighted by Crippen LogP contribution is 2.39. The monoisotopic (exact) mass is 400 g/mol. The third-order valence-electron chi connectivity index (χ3n) is 6.80. The summed E-state index contributed by atoms with van der Waals surface area (Å²) in [5, 5.41) is 0. The minimum atomic E-state index is -0.167.